The molecule has 26 heavy (non-hydrogen) atoms. The van der Waals surface area contributed by atoms with E-state index in [-0.39, 0.29) is 0 Å². The van der Waals surface area contributed by atoms with Gasteiger partial charge in [-0.3, -0.25) is 0 Å². The van der Waals surface area contributed by atoms with Crippen LogP contribution < -0.4 is 5.46 Å². The zero-order valence-corrected chi connectivity index (χ0v) is 14.7. The van der Waals surface area contributed by atoms with Crippen molar-refractivity contribution in [2.45, 2.75) is 6.82 Å². The van der Waals surface area contributed by atoms with Crippen molar-refractivity contribution in [3.63, 3.8) is 0 Å². The zero-order chi connectivity index (χ0) is 17.5. The van der Waals surface area contributed by atoms with Crippen LogP contribution in [0.5, 0.6) is 0 Å². The van der Waals surface area contributed by atoms with E-state index in [1.807, 2.05) is 0 Å². The summed E-state index contributed by atoms with van der Waals surface area (Å²) in [5.41, 5.74) is 3.96. The first-order chi connectivity index (χ1) is 12.9. The summed E-state index contributed by atoms with van der Waals surface area (Å²) < 4.78 is 0. The van der Waals surface area contributed by atoms with Gasteiger partial charge in [-0.25, -0.2) is 0 Å². The van der Waals surface area contributed by atoms with Gasteiger partial charge in [0.05, 0.1) is 0 Å². The first-order valence-corrected chi connectivity index (χ1v) is 9.09. The first kappa shape index (κ1) is 15.2. The van der Waals surface area contributed by atoms with Crippen LogP contribution in [0, 0.1) is 0 Å². The molecule has 121 valence electrons. The number of hydrogen-bond donors (Lipinski definition) is 0. The minimum atomic E-state index is 1.28. The van der Waals surface area contributed by atoms with Crippen LogP contribution in [0.2, 0.25) is 6.82 Å². The molecule has 0 saturated carbocycles. The van der Waals surface area contributed by atoms with Crippen molar-refractivity contribution >= 4 is 45.1 Å². The highest BCUT2D eigenvalue weighted by atomic mass is 14.2. The molecule has 5 aromatic rings. The maximum Gasteiger partial charge on any atom is 0.149 e. The molecule has 0 aliphatic carbocycles. The Balaban J connectivity index is 2.05. The van der Waals surface area contributed by atoms with Crippen LogP contribution >= 0.6 is 0 Å². The summed E-state index contributed by atoms with van der Waals surface area (Å²) in [7, 11) is 2.23. The maximum absolute atomic E-state index is 2.26. The summed E-state index contributed by atoms with van der Waals surface area (Å²) in [4.78, 5) is 0. The fourth-order valence-electron chi connectivity index (χ4n) is 4.21. The second kappa shape index (κ2) is 6.03. The molecule has 1 radical (unpaired) electrons. The molecule has 5 rings (SSSR count). The highest BCUT2D eigenvalue weighted by Crippen LogP contribution is 2.38. The minimum Gasteiger partial charge on any atom is -0.0872 e. The Morgan fingerprint density at radius 1 is 0.500 bits per heavy atom. The Kier molecular flexibility index (Phi) is 3.53. The third-order valence-electron chi connectivity index (χ3n) is 5.32. The Morgan fingerprint density at radius 3 is 1.62 bits per heavy atom. The predicted molar refractivity (Wildman–Crippen MR) is 116 cm³/mol. The van der Waals surface area contributed by atoms with Crippen molar-refractivity contribution in [3.8, 4) is 11.1 Å². The molecule has 0 aromatic heterocycles. The van der Waals surface area contributed by atoms with Gasteiger partial charge in [-0.1, -0.05) is 103 Å². The molecular weight excluding hydrogens is 311 g/mol. The lowest BCUT2D eigenvalue weighted by Crippen LogP contribution is -2.14. The third kappa shape index (κ3) is 2.17. The molecule has 0 atom stereocenters. The van der Waals surface area contributed by atoms with E-state index in [4.69, 9.17) is 0 Å². The van der Waals surface area contributed by atoms with Gasteiger partial charge < -0.3 is 0 Å². The molecule has 0 spiro atoms. The van der Waals surface area contributed by atoms with Crippen molar-refractivity contribution < 1.29 is 0 Å². The zero-order valence-electron chi connectivity index (χ0n) is 14.7. The molecule has 0 saturated heterocycles. The van der Waals surface area contributed by atoms with Crippen molar-refractivity contribution in [2.24, 2.45) is 0 Å². The van der Waals surface area contributed by atoms with Gasteiger partial charge in [-0.15, -0.1) is 0 Å². The van der Waals surface area contributed by atoms with Crippen LogP contribution in [0.3, 0.4) is 0 Å². The number of rotatable bonds is 2. The normalized spacial score (nSPS) is 11.3. The minimum absolute atomic E-state index is 1.28. The molecule has 0 aliphatic rings. The first-order valence-electron chi connectivity index (χ1n) is 9.09. The van der Waals surface area contributed by atoms with Gasteiger partial charge in [-0.2, -0.15) is 0 Å². The lowest BCUT2D eigenvalue weighted by molar-refractivity contribution is 1.71. The van der Waals surface area contributed by atoms with E-state index in [1.165, 1.54) is 48.9 Å². The molecule has 1 heteroatoms. The van der Waals surface area contributed by atoms with E-state index >= 15 is 0 Å². The van der Waals surface area contributed by atoms with E-state index in [0.717, 1.165) is 0 Å². The standard InChI is InChI=1S/C25H18B/c1-26-25-22-14-6-4-12-20(22)24(21-13-5-7-15-23(21)25)19-16-8-10-17-9-2-3-11-18(17)19/h2-16H,1H3. The molecule has 0 amide bonds. The van der Waals surface area contributed by atoms with Crippen LogP contribution in [0.4, 0.5) is 0 Å². The molecular formula is C25H18B. The maximum atomic E-state index is 2.26. The van der Waals surface area contributed by atoms with Gasteiger partial charge in [-0.05, 0) is 43.4 Å². The Bertz CT molecular complexity index is 1210. The lowest BCUT2D eigenvalue weighted by Gasteiger charge is -2.17. The Labute approximate surface area is 154 Å². The highest BCUT2D eigenvalue weighted by molar-refractivity contribution is 6.60. The summed E-state index contributed by atoms with van der Waals surface area (Å²) in [6.45, 7) is 2.13. The Morgan fingerprint density at radius 2 is 1.00 bits per heavy atom. The molecule has 0 N–H and O–H groups in total. The molecule has 0 unspecified atom stereocenters. The predicted octanol–water partition coefficient (Wildman–Crippen LogP) is 6.19. The Hall–Kier alpha value is -3.06. The molecule has 0 nitrogen and oxygen atoms in total. The van der Waals surface area contributed by atoms with Crippen LogP contribution in [0.15, 0.2) is 91.0 Å². The quantitative estimate of drug-likeness (QED) is 0.267. The SMILES string of the molecule is C[B]c1c2ccccc2c(-c2cccc3ccccc23)c2ccccc12. The largest absolute Gasteiger partial charge is 0.149 e. The van der Waals surface area contributed by atoms with Gasteiger partial charge in [0.1, 0.15) is 7.28 Å². The fourth-order valence-corrected chi connectivity index (χ4v) is 4.21. The summed E-state index contributed by atoms with van der Waals surface area (Å²) in [6.07, 6.45) is 0. The second-order valence-corrected chi connectivity index (χ2v) is 6.70. The van der Waals surface area contributed by atoms with E-state index in [9.17, 15) is 0 Å². The number of benzene rings is 5. The molecule has 5 aromatic carbocycles. The van der Waals surface area contributed by atoms with Crippen LogP contribution in [0.25, 0.3) is 43.4 Å². The smallest absolute Gasteiger partial charge is 0.0872 e. The average Bonchev–Trinajstić information content (AvgIpc) is 2.71. The second-order valence-electron chi connectivity index (χ2n) is 6.70. The van der Waals surface area contributed by atoms with Crippen LogP contribution in [0.1, 0.15) is 0 Å². The number of hydrogen-bond acceptors (Lipinski definition) is 0. The molecule has 0 bridgehead atoms. The third-order valence-corrected chi connectivity index (χ3v) is 5.32. The number of fused-ring (bicyclic) bond motifs is 3. The van der Waals surface area contributed by atoms with Gasteiger partial charge in [0.25, 0.3) is 0 Å². The summed E-state index contributed by atoms with van der Waals surface area (Å²) in [6, 6.07) is 32.8. The average molecular weight is 329 g/mol. The van der Waals surface area contributed by atoms with Gasteiger partial charge in [0.2, 0.25) is 0 Å². The summed E-state index contributed by atoms with van der Waals surface area (Å²) in [5, 5.41) is 7.85. The van der Waals surface area contributed by atoms with Crippen molar-refractivity contribution in [2.75, 3.05) is 0 Å². The topological polar surface area (TPSA) is 0 Å². The molecule has 0 aliphatic heterocycles. The van der Waals surface area contributed by atoms with Crippen molar-refractivity contribution in [1.82, 2.24) is 0 Å². The van der Waals surface area contributed by atoms with E-state index < -0.39 is 0 Å². The molecule has 0 fully saturated rings. The fraction of sp³-hybridized carbons (Fsp3) is 0.0400. The summed E-state index contributed by atoms with van der Waals surface area (Å²) >= 11 is 0. The van der Waals surface area contributed by atoms with Gasteiger partial charge >= 0.3 is 0 Å². The van der Waals surface area contributed by atoms with Gasteiger partial charge in [0, 0.05) is 0 Å². The van der Waals surface area contributed by atoms with E-state index in [1.54, 1.807) is 0 Å². The van der Waals surface area contributed by atoms with Crippen molar-refractivity contribution in [3.05, 3.63) is 91.0 Å². The van der Waals surface area contributed by atoms with E-state index in [2.05, 4.69) is 105 Å². The van der Waals surface area contributed by atoms with Gasteiger partial charge in [0.15, 0.2) is 0 Å². The monoisotopic (exact) mass is 329 g/mol. The van der Waals surface area contributed by atoms with Crippen LogP contribution in [-0.2, 0) is 0 Å². The van der Waals surface area contributed by atoms with Crippen molar-refractivity contribution in [1.29, 1.82) is 0 Å². The lowest BCUT2D eigenvalue weighted by atomic mass is 9.67. The summed E-state index contributed by atoms with van der Waals surface area (Å²) in [5.74, 6) is 0. The highest BCUT2D eigenvalue weighted by Gasteiger charge is 2.15. The van der Waals surface area contributed by atoms with Crippen LogP contribution in [-0.4, -0.2) is 7.28 Å². The molecule has 0 heterocycles. The van der Waals surface area contributed by atoms with E-state index in [0.29, 0.717) is 0 Å².